The van der Waals surface area contributed by atoms with E-state index >= 15 is 0 Å². The number of amides is 1. The van der Waals surface area contributed by atoms with Gasteiger partial charge < -0.3 is 10.0 Å². The summed E-state index contributed by atoms with van der Waals surface area (Å²) >= 11 is 1.39. The third-order valence-corrected chi connectivity index (χ3v) is 2.89. The number of thiophene rings is 1. The van der Waals surface area contributed by atoms with Crippen molar-refractivity contribution in [3.8, 4) is 0 Å². The molecule has 1 rings (SSSR count). The number of nitrogens with zero attached hydrogens (tertiary/aromatic N) is 1. The number of aryl methyl sites for hydroxylation is 1. The predicted molar refractivity (Wildman–Crippen MR) is 53.3 cm³/mol. The highest BCUT2D eigenvalue weighted by Crippen LogP contribution is 2.26. The van der Waals surface area contributed by atoms with E-state index in [1.165, 1.54) is 18.4 Å². The van der Waals surface area contributed by atoms with E-state index in [-0.39, 0.29) is 0 Å². The molecule has 0 bridgehead atoms. The Morgan fingerprint density at radius 1 is 1.64 bits per heavy atom. The Balaban J connectivity index is 2.99. The van der Waals surface area contributed by atoms with Gasteiger partial charge in [0.15, 0.2) is 6.04 Å². The van der Waals surface area contributed by atoms with Gasteiger partial charge in [0.1, 0.15) is 0 Å². The van der Waals surface area contributed by atoms with Crippen LogP contribution in [0.1, 0.15) is 15.8 Å². The molecular weight excluding hydrogens is 202 g/mol. The second-order valence-electron chi connectivity index (χ2n) is 2.96. The van der Waals surface area contributed by atoms with Gasteiger partial charge >= 0.3 is 5.97 Å². The van der Waals surface area contributed by atoms with E-state index in [4.69, 9.17) is 5.11 Å². The Morgan fingerprint density at radius 2 is 2.29 bits per heavy atom. The molecule has 1 heterocycles. The number of aliphatic carboxylic acids is 1. The first-order valence-corrected chi connectivity index (χ1v) is 4.84. The lowest BCUT2D eigenvalue weighted by Gasteiger charge is -2.18. The maximum absolute atomic E-state index is 10.9. The molecule has 0 fully saturated rings. The Morgan fingerprint density at radius 3 is 2.64 bits per heavy atom. The highest BCUT2D eigenvalue weighted by atomic mass is 32.1. The van der Waals surface area contributed by atoms with Crippen LogP contribution in [0.2, 0.25) is 0 Å². The van der Waals surface area contributed by atoms with Crippen LogP contribution in [0.4, 0.5) is 0 Å². The summed E-state index contributed by atoms with van der Waals surface area (Å²) in [5.74, 6) is -1.01. The summed E-state index contributed by atoms with van der Waals surface area (Å²) in [5.41, 5.74) is 0. The number of hydrogen-bond acceptors (Lipinski definition) is 3. The number of carboxylic acid groups (broad SMARTS) is 1. The highest BCUT2D eigenvalue weighted by molar-refractivity contribution is 7.12. The van der Waals surface area contributed by atoms with Gasteiger partial charge in [0.25, 0.3) is 0 Å². The minimum Gasteiger partial charge on any atom is -0.479 e. The van der Waals surface area contributed by atoms with Crippen molar-refractivity contribution in [1.29, 1.82) is 0 Å². The number of carbonyl (C=O) groups is 2. The Labute approximate surface area is 85.8 Å². The van der Waals surface area contributed by atoms with Gasteiger partial charge in [0, 0.05) is 16.8 Å². The first-order valence-electron chi connectivity index (χ1n) is 4.02. The Bertz CT molecular complexity index is 348. The standard InChI is InChI=1S/C9H11NO3S/c1-6-3-4-7(14-6)8(9(12)13)10(2)5-11/h3-5,8H,1-2H3,(H,12,13). The summed E-state index contributed by atoms with van der Waals surface area (Å²) in [7, 11) is 1.46. The van der Waals surface area contributed by atoms with Gasteiger partial charge in [-0.2, -0.15) is 0 Å². The first kappa shape index (κ1) is 10.7. The van der Waals surface area contributed by atoms with Gasteiger partial charge in [-0.1, -0.05) is 0 Å². The summed E-state index contributed by atoms with van der Waals surface area (Å²) in [6.07, 6.45) is 0.522. The van der Waals surface area contributed by atoms with E-state index in [1.54, 1.807) is 6.07 Å². The maximum atomic E-state index is 10.9. The van der Waals surface area contributed by atoms with Crippen LogP contribution in [0.5, 0.6) is 0 Å². The van der Waals surface area contributed by atoms with Crippen molar-refractivity contribution < 1.29 is 14.7 Å². The van der Waals surface area contributed by atoms with Crippen molar-refractivity contribution in [1.82, 2.24) is 4.90 Å². The first-order chi connectivity index (χ1) is 6.56. The molecule has 1 aromatic heterocycles. The molecule has 76 valence electrons. The summed E-state index contributed by atoms with van der Waals surface area (Å²) in [4.78, 5) is 24.3. The minimum absolute atomic E-state index is 0.522. The van der Waals surface area contributed by atoms with Crippen LogP contribution >= 0.6 is 11.3 Å². The Kier molecular flexibility index (Phi) is 3.24. The van der Waals surface area contributed by atoms with Crippen LogP contribution in [-0.2, 0) is 9.59 Å². The van der Waals surface area contributed by atoms with Crippen molar-refractivity contribution in [2.45, 2.75) is 13.0 Å². The lowest BCUT2D eigenvalue weighted by Crippen LogP contribution is -2.28. The lowest BCUT2D eigenvalue weighted by molar-refractivity contribution is -0.145. The van der Waals surface area contributed by atoms with Gasteiger partial charge in [0.2, 0.25) is 6.41 Å². The van der Waals surface area contributed by atoms with E-state index in [2.05, 4.69) is 0 Å². The summed E-state index contributed by atoms with van der Waals surface area (Å²) in [6.45, 7) is 1.90. The zero-order valence-corrected chi connectivity index (χ0v) is 8.75. The second-order valence-corrected chi connectivity index (χ2v) is 4.28. The molecule has 1 unspecified atom stereocenters. The lowest BCUT2D eigenvalue weighted by atomic mass is 10.2. The third kappa shape index (κ3) is 2.11. The fourth-order valence-corrected chi connectivity index (χ4v) is 2.18. The molecule has 0 aromatic carbocycles. The Hall–Kier alpha value is -1.36. The average molecular weight is 213 g/mol. The maximum Gasteiger partial charge on any atom is 0.331 e. The van der Waals surface area contributed by atoms with E-state index in [9.17, 15) is 9.59 Å². The molecule has 0 saturated carbocycles. The van der Waals surface area contributed by atoms with Crippen LogP contribution < -0.4 is 0 Å². The van der Waals surface area contributed by atoms with Gasteiger partial charge in [0.05, 0.1) is 0 Å². The number of carbonyl (C=O) groups excluding carboxylic acids is 1. The van der Waals surface area contributed by atoms with Crippen LogP contribution in [0.3, 0.4) is 0 Å². The molecule has 4 nitrogen and oxygen atoms in total. The van der Waals surface area contributed by atoms with Crippen LogP contribution in [-0.4, -0.2) is 29.4 Å². The molecule has 14 heavy (non-hydrogen) atoms. The molecule has 0 aliphatic heterocycles. The van der Waals surface area contributed by atoms with E-state index in [0.29, 0.717) is 11.3 Å². The molecule has 0 aliphatic rings. The topological polar surface area (TPSA) is 57.6 Å². The van der Waals surface area contributed by atoms with Crippen molar-refractivity contribution in [3.05, 3.63) is 21.9 Å². The van der Waals surface area contributed by atoms with Crippen molar-refractivity contribution in [2.75, 3.05) is 7.05 Å². The molecule has 1 atom stereocenters. The zero-order chi connectivity index (χ0) is 10.7. The zero-order valence-electron chi connectivity index (χ0n) is 7.93. The second kappa shape index (κ2) is 4.23. The molecule has 5 heteroatoms. The summed E-state index contributed by atoms with van der Waals surface area (Å²) in [6, 6.07) is 2.71. The van der Waals surface area contributed by atoms with Crippen molar-refractivity contribution >= 4 is 23.7 Å². The van der Waals surface area contributed by atoms with Gasteiger partial charge in [-0.25, -0.2) is 4.79 Å². The molecule has 1 aromatic rings. The fourth-order valence-electron chi connectivity index (χ4n) is 1.16. The smallest absolute Gasteiger partial charge is 0.331 e. The van der Waals surface area contributed by atoms with E-state index in [1.807, 2.05) is 13.0 Å². The van der Waals surface area contributed by atoms with Crippen LogP contribution in [0.25, 0.3) is 0 Å². The molecule has 0 aliphatic carbocycles. The normalized spacial score (nSPS) is 12.1. The van der Waals surface area contributed by atoms with Gasteiger partial charge in [-0.3, -0.25) is 4.79 Å². The third-order valence-electron chi connectivity index (χ3n) is 1.84. The molecule has 1 amide bonds. The average Bonchev–Trinajstić information content (AvgIpc) is 2.51. The SMILES string of the molecule is Cc1ccc(C(C(=O)O)N(C)C=O)s1. The molecule has 1 N–H and O–H groups in total. The van der Waals surface area contributed by atoms with Gasteiger partial charge in [-0.05, 0) is 19.1 Å². The predicted octanol–water partition coefficient (Wildman–Crippen LogP) is 1.27. The summed E-state index contributed by atoms with van der Waals surface area (Å²) in [5, 5.41) is 8.94. The minimum atomic E-state index is -1.01. The molecule has 0 radical (unpaired) electrons. The molecular formula is C9H11NO3S. The largest absolute Gasteiger partial charge is 0.479 e. The highest BCUT2D eigenvalue weighted by Gasteiger charge is 2.24. The summed E-state index contributed by atoms with van der Waals surface area (Å²) < 4.78 is 0. The molecule has 0 spiro atoms. The van der Waals surface area contributed by atoms with Gasteiger partial charge in [-0.15, -0.1) is 11.3 Å². The van der Waals surface area contributed by atoms with Crippen molar-refractivity contribution in [3.63, 3.8) is 0 Å². The monoisotopic (exact) mass is 213 g/mol. The van der Waals surface area contributed by atoms with Crippen LogP contribution in [0.15, 0.2) is 12.1 Å². The number of carboxylic acids is 1. The number of rotatable bonds is 4. The number of likely N-dealkylation sites (N-methyl/N-ethyl adjacent to an activating group) is 1. The van der Waals surface area contributed by atoms with Crippen LogP contribution in [0, 0.1) is 6.92 Å². The van der Waals surface area contributed by atoms with Crippen molar-refractivity contribution in [2.24, 2.45) is 0 Å². The van der Waals surface area contributed by atoms with E-state index in [0.717, 1.165) is 9.78 Å². The quantitative estimate of drug-likeness (QED) is 0.766. The molecule has 0 saturated heterocycles. The number of hydrogen-bond donors (Lipinski definition) is 1. The van der Waals surface area contributed by atoms with E-state index < -0.39 is 12.0 Å². The fraction of sp³-hybridized carbons (Fsp3) is 0.333.